The monoisotopic (exact) mass is 278 g/mol. The maximum Gasteiger partial charge on any atom is 0.226 e. The molecule has 2 rings (SSSR count). The van der Waals surface area contributed by atoms with Gasteiger partial charge in [-0.3, -0.25) is 0 Å². The molecule has 0 unspecified atom stereocenters. The molecule has 19 heavy (non-hydrogen) atoms. The molecule has 5 heteroatoms. The summed E-state index contributed by atoms with van der Waals surface area (Å²) in [7, 11) is 1.66. The van der Waals surface area contributed by atoms with Gasteiger partial charge in [0.25, 0.3) is 0 Å². The molecule has 1 aromatic carbocycles. The molecule has 0 saturated carbocycles. The number of benzene rings is 1. The number of halogens is 1. The van der Waals surface area contributed by atoms with Crippen LogP contribution >= 0.6 is 11.6 Å². The molecule has 0 aliphatic carbocycles. The van der Waals surface area contributed by atoms with E-state index in [4.69, 9.17) is 21.1 Å². The van der Waals surface area contributed by atoms with Gasteiger partial charge in [0.2, 0.25) is 5.88 Å². The van der Waals surface area contributed by atoms with E-state index in [1.54, 1.807) is 7.11 Å². The molecule has 0 aliphatic heterocycles. The van der Waals surface area contributed by atoms with Crippen LogP contribution in [0.3, 0.4) is 0 Å². The lowest BCUT2D eigenvalue weighted by Crippen LogP contribution is -1.97. The van der Waals surface area contributed by atoms with Crippen LogP contribution in [0.15, 0.2) is 30.6 Å². The first kappa shape index (κ1) is 13.8. The van der Waals surface area contributed by atoms with Crippen molar-refractivity contribution in [1.29, 1.82) is 0 Å². The van der Waals surface area contributed by atoms with Crippen LogP contribution in [0.5, 0.6) is 11.6 Å². The van der Waals surface area contributed by atoms with Crippen LogP contribution < -0.4 is 4.74 Å². The largest absolute Gasteiger partial charge is 0.439 e. The third-order valence-electron chi connectivity index (χ3n) is 2.63. The highest BCUT2D eigenvalue weighted by Crippen LogP contribution is 2.27. The van der Waals surface area contributed by atoms with Gasteiger partial charge in [0.05, 0.1) is 12.2 Å². The second-order valence-corrected chi connectivity index (χ2v) is 4.34. The molecule has 0 amide bonds. The van der Waals surface area contributed by atoms with Crippen molar-refractivity contribution >= 4 is 11.6 Å². The van der Waals surface area contributed by atoms with E-state index < -0.39 is 0 Å². The van der Waals surface area contributed by atoms with Crippen molar-refractivity contribution in [3.63, 3.8) is 0 Å². The lowest BCUT2D eigenvalue weighted by atomic mass is 10.2. The summed E-state index contributed by atoms with van der Waals surface area (Å²) in [5.74, 6) is 1.20. The van der Waals surface area contributed by atoms with Crippen LogP contribution in [0.4, 0.5) is 0 Å². The highest BCUT2D eigenvalue weighted by Gasteiger charge is 2.10. The van der Waals surface area contributed by atoms with Gasteiger partial charge in [-0.2, -0.15) is 0 Å². The van der Waals surface area contributed by atoms with Gasteiger partial charge in [0.15, 0.2) is 0 Å². The molecular weight excluding hydrogens is 264 g/mol. The van der Waals surface area contributed by atoms with Crippen LogP contribution in [-0.4, -0.2) is 17.1 Å². The first-order valence-corrected chi connectivity index (χ1v) is 6.37. The molecule has 0 aliphatic rings. The Labute approximate surface area is 117 Å². The van der Waals surface area contributed by atoms with Crippen LogP contribution in [0.25, 0.3) is 0 Å². The van der Waals surface area contributed by atoms with E-state index in [-0.39, 0.29) is 0 Å². The summed E-state index contributed by atoms with van der Waals surface area (Å²) in [6.07, 6.45) is 2.11. The van der Waals surface area contributed by atoms with E-state index in [0.29, 0.717) is 29.8 Å². The van der Waals surface area contributed by atoms with E-state index in [1.165, 1.54) is 6.33 Å². The summed E-state index contributed by atoms with van der Waals surface area (Å²) < 4.78 is 10.9. The Morgan fingerprint density at radius 1 is 1.26 bits per heavy atom. The maximum atomic E-state index is 6.03. The van der Waals surface area contributed by atoms with Gasteiger partial charge in [-0.05, 0) is 24.1 Å². The van der Waals surface area contributed by atoms with Gasteiger partial charge < -0.3 is 9.47 Å². The summed E-state index contributed by atoms with van der Waals surface area (Å²) >= 11 is 6.03. The van der Waals surface area contributed by atoms with E-state index in [1.807, 2.05) is 31.2 Å². The minimum Gasteiger partial charge on any atom is -0.439 e. The van der Waals surface area contributed by atoms with E-state index in [2.05, 4.69) is 9.97 Å². The molecule has 1 aromatic heterocycles. The molecule has 0 fully saturated rings. The van der Waals surface area contributed by atoms with Crippen LogP contribution in [0.1, 0.15) is 18.1 Å². The molecule has 0 N–H and O–H groups in total. The molecular formula is C14H15ClN2O2. The van der Waals surface area contributed by atoms with Crippen molar-refractivity contribution in [2.24, 2.45) is 0 Å². The Morgan fingerprint density at radius 3 is 2.84 bits per heavy atom. The van der Waals surface area contributed by atoms with Crippen LogP contribution in [0, 0.1) is 0 Å². The highest BCUT2D eigenvalue weighted by atomic mass is 35.5. The van der Waals surface area contributed by atoms with E-state index >= 15 is 0 Å². The Hall–Kier alpha value is -1.65. The third-order valence-corrected chi connectivity index (χ3v) is 2.96. The van der Waals surface area contributed by atoms with Crippen LogP contribution in [-0.2, 0) is 17.8 Å². The zero-order chi connectivity index (χ0) is 13.7. The predicted octanol–water partition coefficient (Wildman–Crippen LogP) is 3.63. The zero-order valence-electron chi connectivity index (χ0n) is 10.9. The van der Waals surface area contributed by atoms with Crippen LogP contribution in [0.2, 0.25) is 5.15 Å². The van der Waals surface area contributed by atoms with E-state index in [9.17, 15) is 0 Å². The number of aromatic nitrogens is 2. The summed E-state index contributed by atoms with van der Waals surface area (Å²) in [6.45, 7) is 2.53. The molecule has 2 aromatic rings. The van der Waals surface area contributed by atoms with Gasteiger partial charge >= 0.3 is 0 Å². The lowest BCUT2D eigenvalue weighted by molar-refractivity contribution is 0.184. The number of hydrogen-bond acceptors (Lipinski definition) is 4. The summed E-state index contributed by atoms with van der Waals surface area (Å²) in [5.41, 5.74) is 1.85. The minimum atomic E-state index is 0.431. The summed E-state index contributed by atoms with van der Waals surface area (Å²) in [5, 5.41) is 0.431. The molecule has 100 valence electrons. The molecule has 0 atom stereocenters. The standard InChI is InChI=1S/C14H15ClN2O2/c1-3-12-13(15)16-9-17-14(12)19-11-6-4-5-10(7-11)8-18-2/h4-7,9H,3,8H2,1-2H3. The number of ether oxygens (including phenoxy) is 2. The molecule has 0 bridgehead atoms. The fourth-order valence-corrected chi connectivity index (χ4v) is 2.00. The Kier molecular flexibility index (Phi) is 4.71. The van der Waals surface area contributed by atoms with E-state index in [0.717, 1.165) is 11.1 Å². The molecule has 1 heterocycles. The third kappa shape index (κ3) is 3.43. The fraction of sp³-hybridized carbons (Fsp3) is 0.286. The molecule has 0 spiro atoms. The average molecular weight is 279 g/mol. The SMILES string of the molecule is CCc1c(Cl)ncnc1Oc1cccc(COC)c1. The quantitative estimate of drug-likeness (QED) is 0.784. The first-order valence-electron chi connectivity index (χ1n) is 5.99. The number of rotatable bonds is 5. The zero-order valence-corrected chi connectivity index (χ0v) is 11.6. The topological polar surface area (TPSA) is 44.2 Å². The minimum absolute atomic E-state index is 0.431. The molecule has 4 nitrogen and oxygen atoms in total. The second kappa shape index (κ2) is 6.50. The number of hydrogen-bond donors (Lipinski definition) is 0. The smallest absolute Gasteiger partial charge is 0.226 e. The number of methoxy groups -OCH3 is 1. The highest BCUT2D eigenvalue weighted by molar-refractivity contribution is 6.30. The van der Waals surface area contributed by atoms with Gasteiger partial charge in [-0.15, -0.1) is 0 Å². The molecule has 0 saturated heterocycles. The Balaban J connectivity index is 2.26. The average Bonchev–Trinajstić information content (AvgIpc) is 2.40. The normalized spacial score (nSPS) is 10.5. The fourth-order valence-electron chi connectivity index (χ4n) is 1.74. The van der Waals surface area contributed by atoms with Crippen molar-refractivity contribution in [2.75, 3.05) is 7.11 Å². The second-order valence-electron chi connectivity index (χ2n) is 3.98. The lowest BCUT2D eigenvalue weighted by Gasteiger charge is -2.10. The maximum absolute atomic E-state index is 6.03. The molecule has 0 radical (unpaired) electrons. The van der Waals surface area contributed by atoms with Crippen molar-refractivity contribution < 1.29 is 9.47 Å². The predicted molar refractivity (Wildman–Crippen MR) is 73.6 cm³/mol. The Bertz CT molecular complexity index is 561. The van der Waals surface area contributed by atoms with Gasteiger partial charge in [0.1, 0.15) is 17.2 Å². The van der Waals surface area contributed by atoms with Crippen molar-refractivity contribution in [1.82, 2.24) is 9.97 Å². The van der Waals surface area contributed by atoms with Crippen molar-refractivity contribution in [2.45, 2.75) is 20.0 Å². The van der Waals surface area contributed by atoms with Gasteiger partial charge in [0, 0.05) is 7.11 Å². The van der Waals surface area contributed by atoms with Crippen molar-refractivity contribution in [3.8, 4) is 11.6 Å². The summed E-state index contributed by atoms with van der Waals surface area (Å²) in [6, 6.07) is 7.68. The Morgan fingerprint density at radius 2 is 2.11 bits per heavy atom. The summed E-state index contributed by atoms with van der Waals surface area (Å²) in [4.78, 5) is 8.09. The van der Waals surface area contributed by atoms with Crippen molar-refractivity contribution in [3.05, 3.63) is 46.9 Å². The van der Waals surface area contributed by atoms with Gasteiger partial charge in [-0.1, -0.05) is 30.7 Å². The number of nitrogens with zero attached hydrogens (tertiary/aromatic N) is 2. The van der Waals surface area contributed by atoms with Gasteiger partial charge in [-0.25, -0.2) is 9.97 Å². The first-order chi connectivity index (χ1) is 9.24.